The molecule has 0 amide bonds. The summed E-state index contributed by atoms with van der Waals surface area (Å²) in [5.41, 5.74) is 1.22. The van der Waals surface area contributed by atoms with Gasteiger partial charge in [0.15, 0.2) is 0 Å². The molecule has 0 aromatic heterocycles. The van der Waals surface area contributed by atoms with Gasteiger partial charge in [-0.1, -0.05) is 131 Å². The van der Waals surface area contributed by atoms with E-state index in [1.54, 1.807) is 0 Å². The van der Waals surface area contributed by atoms with E-state index >= 15 is 0 Å². The third-order valence-electron chi connectivity index (χ3n) is 6.60. The van der Waals surface area contributed by atoms with Crippen LogP contribution in [0.2, 0.25) is 5.04 Å². The van der Waals surface area contributed by atoms with Crippen molar-refractivity contribution in [2.24, 2.45) is 0 Å². The standard InChI is InChI=1S/C31H42O3Si/c1-31(2,3)35(29-20-12-7-13-21-29,30-22-14-8-15-23-30)34-26-28(32)19-11-4-5-16-24-33-25-27-17-9-6-10-18-27/h6-10,12-15,17-18,20-23,28,32H,4-5,11,16,19,24-26H2,1-3H3/t28-/m0/s1. The van der Waals surface area contributed by atoms with Gasteiger partial charge in [0.2, 0.25) is 0 Å². The van der Waals surface area contributed by atoms with Crippen LogP contribution in [-0.4, -0.2) is 32.7 Å². The maximum absolute atomic E-state index is 10.8. The fraction of sp³-hybridized carbons (Fsp3) is 0.419. The second-order valence-electron chi connectivity index (χ2n) is 10.4. The third-order valence-corrected chi connectivity index (χ3v) is 11.6. The van der Waals surface area contributed by atoms with Crippen molar-refractivity contribution in [1.29, 1.82) is 0 Å². The molecule has 0 fully saturated rings. The highest BCUT2D eigenvalue weighted by molar-refractivity contribution is 6.99. The lowest BCUT2D eigenvalue weighted by atomic mass is 10.1. The molecule has 0 aliphatic heterocycles. The minimum Gasteiger partial charge on any atom is -0.405 e. The lowest BCUT2D eigenvalue weighted by Crippen LogP contribution is -2.67. The fourth-order valence-electron chi connectivity index (χ4n) is 4.77. The third kappa shape index (κ3) is 7.87. The van der Waals surface area contributed by atoms with E-state index in [0.29, 0.717) is 13.2 Å². The Kier molecular flexibility index (Phi) is 10.7. The zero-order chi connectivity index (χ0) is 25.0. The Balaban J connectivity index is 1.48. The normalized spacial score (nSPS) is 13.0. The van der Waals surface area contributed by atoms with Crippen molar-refractivity contribution in [2.45, 2.75) is 70.6 Å². The van der Waals surface area contributed by atoms with Crippen LogP contribution in [0, 0.1) is 0 Å². The summed E-state index contributed by atoms with van der Waals surface area (Å²) < 4.78 is 12.6. The zero-order valence-electron chi connectivity index (χ0n) is 21.7. The largest absolute Gasteiger partial charge is 0.405 e. The Morgan fingerprint density at radius 3 is 1.77 bits per heavy atom. The fourth-order valence-corrected chi connectivity index (χ4v) is 9.37. The van der Waals surface area contributed by atoms with Crippen molar-refractivity contribution >= 4 is 18.7 Å². The molecule has 3 nitrogen and oxygen atoms in total. The lowest BCUT2D eigenvalue weighted by Gasteiger charge is -2.43. The number of hydrogen-bond acceptors (Lipinski definition) is 3. The highest BCUT2D eigenvalue weighted by atomic mass is 28.4. The van der Waals surface area contributed by atoms with Gasteiger partial charge in [0.05, 0.1) is 19.3 Å². The highest BCUT2D eigenvalue weighted by Gasteiger charge is 2.50. The number of ether oxygens (including phenoxy) is 1. The second kappa shape index (κ2) is 13.7. The van der Waals surface area contributed by atoms with Gasteiger partial charge < -0.3 is 14.3 Å². The molecule has 0 saturated heterocycles. The summed E-state index contributed by atoms with van der Waals surface area (Å²) in [5.74, 6) is 0. The molecule has 0 heterocycles. The van der Waals surface area contributed by atoms with Crippen LogP contribution in [0.25, 0.3) is 0 Å². The highest BCUT2D eigenvalue weighted by Crippen LogP contribution is 2.36. The summed E-state index contributed by atoms with van der Waals surface area (Å²) in [5, 5.41) is 13.2. The van der Waals surface area contributed by atoms with Crippen molar-refractivity contribution in [3.8, 4) is 0 Å². The van der Waals surface area contributed by atoms with Crippen LogP contribution < -0.4 is 10.4 Å². The van der Waals surface area contributed by atoms with Crippen LogP contribution in [0.15, 0.2) is 91.0 Å². The Morgan fingerprint density at radius 2 is 1.23 bits per heavy atom. The molecular weight excluding hydrogens is 448 g/mol. The number of unbranched alkanes of at least 4 members (excludes halogenated alkanes) is 3. The van der Waals surface area contributed by atoms with Gasteiger partial charge >= 0.3 is 0 Å². The summed E-state index contributed by atoms with van der Waals surface area (Å²) in [6.07, 6.45) is 4.60. The zero-order valence-corrected chi connectivity index (χ0v) is 22.7. The van der Waals surface area contributed by atoms with E-state index in [1.807, 2.05) is 18.2 Å². The lowest BCUT2D eigenvalue weighted by molar-refractivity contribution is 0.0917. The molecule has 0 unspecified atom stereocenters. The van der Waals surface area contributed by atoms with Gasteiger partial charge in [0.25, 0.3) is 8.32 Å². The first-order valence-electron chi connectivity index (χ1n) is 13.0. The number of hydrogen-bond donors (Lipinski definition) is 1. The molecule has 0 bridgehead atoms. The summed E-state index contributed by atoms with van der Waals surface area (Å²) in [7, 11) is -2.59. The average molecular weight is 491 g/mol. The van der Waals surface area contributed by atoms with Gasteiger partial charge in [-0.25, -0.2) is 0 Å². The van der Waals surface area contributed by atoms with E-state index in [-0.39, 0.29) is 5.04 Å². The average Bonchev–Trinajstić information content (AvgIpc) is 2.87. The van der Waals surface area contributed by atoms with Gasteiger partial charge in [-0.05, 0) is 33.8 Å². The molecule has 3 rings (SSSR count). The topological polar surface area (TPSA) is 38.7 Å². The summed E-state index contributed by atoms with van der Waals surface area (Å²) >= 11 is 0. The van der Waals surface area contributed by atoms with E-state index < -0.39 is 14.4 Å². The molecule has 0 aliphatic carbocycles. The molecule has 4 heteroatoms. The van der Waals surface area contributed by atoms with Gasteiger partial charge in [0, 0.05) is 6.61 Å². The number of aliphatic hydroxyl groups excluding tert-OH is 1. The Morgan fingerprint density at radius 1 is 0.714 bits per heavy atom. The maximum atomic E-state index is 10.8. The Labute approximate surface area is 213 Å². The molecule has 0 saturated carbocycles. The van der Waals surface area contributed by atoms with Crippen molar-refractivity contribution < 1.29 is 14.3 Å². The van der Waals surface area contributed by atoms with Crippen molar-refractivity contribution in [1.82, 2.24) is 0 Å². The molecular formula is C31H42O3Si. The molecule has 1 atom stereocenters. The predicted octanol–water partition coefficient (Wildman–Crippen LogP) is 6.09. The molecule has 35 heavy (non-hydrogen) atoms. The first-order chi connectivity index (χ1) is 16.9. The minimum atomic E-state index is -2.59. The first kappa shape index (κ1) is 27.3. The molecule has 0 spiro atoms. The maximum Gasteiger partial charge on any atom is 0.261 e. The van der Waals surface area contributed by atoms with Gasteiger partial charge in [-0.3, -0.25) is 0 Å². The number of benzene rings is 3. The summed E-state index contributed by atoms with van der Waals surface area (Å²) in [6.45, 7) is 8.64. The van der Waals surface area contributed by atoms with Crippen LogP contribution >= 0.6 is 0 Å². The van der Waals surface area contributed by atoms with Crippen LogP contribution in [0.5, 0.6) is 0 Å². The smallest absolute Gasteiger partial charge is 0.261 e. The van der Waals surface area contributed by atoms with E-state index in [0.717, 1.165) is 38.7 Å². The summed E-state index contributed by atoms with van der Waals surface area (Å²) in [4.78, 5) is 0. The SMILES string of the molecule is CC(C)(C)[Si](OC[C@@H](O)CCCCCCOCc1ccccc1)(c1ccccc1)c1ccccc1. The molecule has 188 valence electrons. The van der Waals surface area contributed by atoms with Gasteiger partial charge in [-0.2, -0.15) is 0 Å². The van der Waals surface area contributed by atoms with Crippen molar-refractivity contribution in [3.63, 3.8) is 0 Å². The monoisotopic (exact) mass is 490 g/mol. The van der Waals surface area contributed by atoms with E-state index in [9.17, 15) is 5.11 Å². The number of aliphatic hydroxyl groups is 1. The number of rotatable bonds is 14. The molecule has 1 N–H and O–H groups in total. The van der Waals surface area contributed by atoms with Crippen LogP contribution in [0.3, 0.4) is 0 Å². The molecule has 0 aliphatic rings. The van der Waals surface area contributed by atoms with E-state index in [4.69, 9.17) is 9.16 Å². The first-order valence-corrected chi connectivity index (χ1v) is 14.9. The minimum absolute atomic E-state index is 0.0742. The van der Waals surface area contributed by atoms with Gasteiger partial charge in [-0.15, -0.1) is 0 Å². The van der Waals surface area contributed by atoms with Gasteiger partial charge in [0.1, 0.15) is 0 Å². The van der Waals surface area contributed by atoms with Crippen molar-refractivity contribution in [2.75, 3.05) is 13.2 Å². The van der Waals surface area contributed by atoms with E-state index in [1.165, 1.54) is 15.9 Å². The Hall–Kier alpha value is -2.24. The molecule has 3 aromatic rings. The molecule has 3 aromatic carbocycles. The Bertz CT molecular complexity index is 915. The van der Waals surface area contributed by atoms with Crippen LogP contribution in [0.4, 0.5) is 0 Å². The predicted molar refractivity (Wildman–Crippen MR) is 149 cm³/mol. The van der Waals surface area contributed by atoms with E-state index in [2.05, 4.69) is 93.6 Å². The van der Waals surface area contributed by atoms with Crippen LogP contribution in [-0.2, 0) is 15.8 Å². The van der Waals surface area contributed by atoms with Crippen molar-refractivity contribution in [3.05, 3.63) is 96.6 Å². The molecule has 0 radical (unpaired) electrons. The quantitative estimate of drug-likeness (QED) is 0.219. The second-order valence-corrected chi connectivity index (χ2v) is 14.7. The van der Waals surface area contributed by atoms with Crippen LogP contribution in [0.1, 0.15) is 58.4 Å². The summed E-state index contributed by atoms with van der Waals surface area (Å²) in [6, 6.07) is 31.5.